The van der Waals surface area contributed by atoms with Crippen LogP contribution in [0.4, 0.5) is 13.2 Å². The predicted octanol–water partition coefficient (Wildman–Crippen LogP) is 3.13. The van der Waals surface area contributed by atoms with Crippen molar-refractivity contribution in [3.63, 3.8) is 0 Å². The Morgan fingerprint density at radius 1 is 1.09 bits per heavy atom. The minimum atomic E-state index is -4.18. The van der Waals surface area contributed by atoms with E-state index in [4.69, 9.17) is 0 Å². The van der Waals surface area contributed by atoms with E-state index in [9.17, 15) is 18.0 Å². The Bertz CT molecular complexity index is 391. The number of amides is 1. The van der Waals surface area contributed by atoms with Crippen molar-refractivity contribution in [2.24, 2.45) is 11.8 Å². The Balaban J connectivity index is 0.00000176. The molecule has 3 fully saturated rings. The van der Waals surface area contributed by atoms with E-state index in [1.165, 1.54) is 17.7 Å². The third-order valence-corrected chi connectivity index (χ3v) is 5.36. The van der Waals surface area contributed by atoms with Crippen LogP contribution < -0.4 is 5.32 Å². The van der Waals surface area contributed by atoms with Gasteiger partial charge in [-0.05, 0) is 38.0 Å². The van der Waals surface area contributed by atoms with E-state index in [0.717, 1.165) is 19.3 Å². The number of rotatable bonds is 1. The van der Waals surface area contributed by atoms with E-state index in [2.05, 4.69) is 5.32 Å². The number of likely N-dealkylation sites (tertiary alicyclic amines) is 1. The summed E-state index contributed by atoms with van der Waals surface area (Å²) in [7, 11) is 0. The molecule has 7 heteroatoms. The van der Waals surface area contributed by atoms with Crippen LogP contribution in [0.2, 0.25) is 0 Å². The molecule has 4 atom stereocenters. The summed E-state index contributed by atoms with van der Waals surface area (Å²) in [6, 6.07) is 0.140. The van der Waals surface area contributed by atoms with Gasteiger partial charge in [0.2, 0.25) is 5.91 Å². The van der Waals surface area contributed by atoms with Crippen molar-refractivity contribution >= 4 is 18.3 Å². The zero-order chi connectivity index (χ0) is 15.0. The zero-order valence-electron chi connectivity index (χ0n) is 12.6. The normalized spacial score (nSPS) is 35.7. The molecule has 3 aliphatic rings. The van der Waals surface area contributed by atoms with Crippen LogP contribution in [0.1, 0.15) is 44.9 Å². The molecule has 0 aromatic rings. The van der Waals surface area contributed by atoms with Gasteiger partial charge in [0, 0.05) is 19.1 Å². The Kier molecular flexibility index (Phi) is 5.64. The van der Waals surface area contributed by atoms with Gasteiger partial charge in [-0.2, -0.15) is 13.2 Å². The fourth-order valence-electron chi connectivity index (χ4n) is 4.18. The van der Waals surface area contributed by atoms with E-state index in [1.807, 2.05) is 0 Å². The molecule has 1 saturated carbocycles. The number of nitrogens with zero attached hydrogens (tertiary/aromatic N) is 1. The maximum Gasteiger partial charge on any atom is 0.393 e. The maximum atomic E-state index is 12.8. The van der Waals surface area contributed by atoms with Gasteiger partial charge in [-0.1, -0.05) is 12.8 Å². The fraction of sp³-hybridized carbons (Fsp3) is 0.933. The van der Waals surface area contributed by atoms with Gasteiger partial charge in [0.25, 0.3) is 0 Å². The molecule has 0 bridgehead atoms. The van der Waals surface area contributed by atoms with Crippen molar-refractivity contribution in [3.8, 4) is 0 Å². The SMILES string of the molecule is Cl.O=C(C1CC2CCCCC2N1)N1CCCC(C(F)(F)F)C1. The van der Waals surface area contributed by atoms with Crippen LogP contribution in [-0.2, 0) is 4.79 Å². The van der Waals surface area contributed by atoms with E-state index in [1.54, 1.807) is 0 Å². The minimum Gasteiger partial charge on any atom is -0.341 e. The zero-order valence-corrected chi connectivity index (χ0v) is 13.4. The summed E-state index contributed by atoms with van der Waals surface area (Å²) in [5, 5.41) is 3.37. The highest BCUT2D eigenvalue weighted by Gasteiger charge is 2.45. The molecule has 3 rings (SSSR count). The van der Waals surface area contributed by atoms with Crippen molar-refractivity contribution in [2.45, 2.75) is 63.2 Å². The molecule has 128 valence electrons. The first-order chi connectivity index (χ1) is 9.95. The van der Waals surface area contributed by atoms with Crippen LogP contribution in [0.5, 0.6) is 0 Å². The lowest BCUT2D eigenvalue weighted by atomic mass is 9.85. The quantitative estimate of drug-likeness (QED) is 0.795. The number of piperidine rings is 1. The van der Waals surface area contributed by atoms with Crippen molar-refractivity contribution < 1.29 is 18.0 Å². The second-order valence-corrected chi connectivity index (χ2v) is 6.77. The van der Waals surface area contributed by atoms with Crippen molar-refractivity contribution in [2.75, 3.05) is 13.1 Å². The number of carbonyl (C=O) groups is 1. The molecule has 4 unspecified atom stereocenters. The number of fused-ring (bicyclic) bond motifs is 1. The van der Waals surface area contributed by atoms with Gasteiger partial charge in [0.05, 0.1) is 12.0 Å². The minimum absolute atomic E-state index is 0. The lowest BCUT2D eigenvalue weighted by Crippen LogP contribution is -2.51. The maximum absolute atomic E-state index is 12.8. The highest BCUT2D eigenvalue weighted by molar-refractivity contribution is 5.85. The molecular weight excluding hydrogens is 317 g/mol. The van der Waals surface area contributed by atoms with Gasteiger partial charge in [-0.15, -0.1) is 12.4 Å². The van der Waals surface area contributed by atoms with Gasteiger partial charge >= 0.3 is 6.18 Å². The van der Waals surface area contributed by atoms with Crippen molar-refractivity contribution in [3.05, 3.63) is 0 Å². The molecule has 0 spiro atoms. The second-order valence-electron chi connectivity index (χ2n) is 6.77. The molecule has 0 radical (unpaired) electrons. The van der Waals surface area contributed by atoms with Gasteiger partial charge < -0.3 is 10.2 Å². The van der Waals surface area contributed by atoms with Crippen LogP contribution in [0, 0.1) is 11.8 Å². The highest BCUT2D eigenvalue weighted by Crippen LogP contribution is 2.36. The summed E-state index contributed by atoms with van der Waals surface area (Å²) in [4.78, 5) is 14.0. The lowest BCUT2D eigenvalue weighted by molar-refractivity contribution is -0.188. The van der Waals surface area contributed by atoms with Gasteiger partial charge in [-0.25, -0.2) is 0 Å². The number of nitrogens with one attached hydrogen (secondary N) is 1. The number of hydrogen-bond donors (Lipinski definition) is 1. The molecule has 0 aromatic carbocycles. The largest absolute Gasteiger partial charge is 0.393 e. The topological polar surface area (TPSA) is 32.3 Å². The van der Waals surface area contributed by atoms with E-state index in [-0.39, 0.29) is 37.3 Å². The standard InChI is InChI=1S/C15H23F3N2O.ClH/c16-15(17,18)11-5-3-7-20(9-11)14(21)13-8-10-4-1-2-6-12(10)19-13;/h10-13,19H,1-9H2;1H. The summed E-state index contributed by atoms with van der Waals surface area (Å²) >= 11 is 0. The molecule has 1 aliphatic carbocycles. The van der Waals surface area contributed by atoms with Crippen molar-refractivity contribution in [1.29, 1.82) is 0 Å². The summed E-state index contributed by atoms with van der Waals surface area (Å²) in [5.41, 5.74) is 0. The van der Waals surface area contributed by atoms with E-state index >= 15 is 0 Å². The first-order valence-corrected chi connectivity index (χ1v) is 8.06. The van der Waals surface area contributed by atoms with Gasteiger partial charge in [0.1, 0.15) is 0 Å². The van der Waals surface area contributed by atoms with Crippen LogP contribution in [0.25, 0.3) is 0 Å². The summed E-state index contributed by atoms with van der Waals surface area (Å²) < 4.78 is 38.5. The number of halogens is 4. The molecule has 2 heterocycles. The monoisotopic (exact) mass is 340 g/mol. The van der Waals surface area contributed by atoms with Crippen LogP contribution in [0.3, 0.4) is 0 Å². The fourth-order valence-corrected chi connectivity index (χ4v) is 4.18. The molecular formula is C15H24ClF3N2O. The number of hydrogen-bond acceptors (Lipinski definition) is 2. The van der Waals surface area contributed by atoms with Gasteiger partial charge in [0.15, 0.2) is 0 Å². The molecule has 0 aromatic heterocycles. The second kappa shape index (κ2) is 6.95. The molecule has 1 amide bonds. The number of carbonyl (C=O) groups excluding carboxylic acids is 1. The van der Waals surface area contributed by atoms with E-state index in [0.29, 0.717) is 24.9 Å². The van der Waals surface area contributed by atoms with Gasteiger partial charge in [-0.3, -0.25) is 4.79 Å². The third-order valence-electron chi connectivity index (χ3n) is 5.36. The van der Waals surface area contributed by atoms with Crippen LogP contribution in [0.15, 0.2) is 0 Å². The number of alkyl halides is 3. The Hall–Kier alpha value is -0.490. The lowest BCUT2D eigenvalue weighted by Gasteiger charge is -2.35. The highest BCUT2D eigenvalue weighted by atomic mass is 35.5. The third kappa shape index (κ3) is 3.70. The molecule has 2 aliphatic heterocycles. The molecule has 3 nitrogen and oxygen atoms in total. The average Bonchev–Trinajstić information content (AvgIpc) is 2.89. The molecule has 2 saturated heterocycles. The van der Waals surface area contributed by atoms with E-state index < -0.39 is 12.1 Å². The molecule has 1 N–H and O–H groups in total. The van der Waals surface area contributed by atoms with Crippen LogP contribution in [-0.4, -0.2) is 42.2 Å². The van der Waals surface area contributed by atoms with Crippen LogP contribution >= 0.6 is 12.4 Å². The summed E-state index contributed by atoms with van der Waals surface area (Å²) in [6.07, 6.45) is 1.86. The predicted molar refractivity (Wildman–Crippen MR) is 79.9 cm³/mol. The summed E-state index contributed by atoms with van der Waals surface area (Å²) in [6.45, 7) is 0.314. The smallest absolute Gasteiger partial charge is 0.341 e. The summed E-state index contributed by atoms with van der Waals surface area (Å²) in [5.74, 6) is -0.923. The molecule has 22 heavy (non-hydrogen) atoms. The Morgan fingerprint density at radius 3 is 2.50 bits per heavy atom. The first-order valence-electron chi connectivity index (χ1n) is 8.06. The Morgan fingerprint density at radius 2 is 1.82 bits per heavy atom. The van der Waals surface area contributed by atoms with Crippen molar-refractivity contribution in [1.82, 2.24) is 10.2 Å². The average molecular weight is 341 g/mol. The first kappa shape index (κ1) is 17.9. The Labute approximate surface area is 135 Å².